The third kappa shape index (κ3) is 3.98. The maximum atomic E-state index is 12.4. The number of hydrogen-bond acceptors (Lipinski definition) is 8. The molecule has 0 spiro atoms. The first-order valence-electron chi connectivity index (χ1n) is 9.80. The van der Waals surface area contributed by atoms with Crippen LogP contribution in [0.4, 0.5) is 27.8 Å². The summed E-state index contributed by atoms with van der Waals surface area (Å²) in [5.74, 6) is 0.833. The fourth-order valence-electron chi connectivity index (χ4n) is 3.86. The molecule has 2 aromatic heterocycles. The predicted octanol–water partition coefficient (Wildman–Crippen LogP) is 3.33. The zero-order valence-corrected chi connectivity index (χ0v) is 17.1. The van der Waals surface area contributed by atoms with Gasteiger partial charge in [0.15, 0.2) is 0 Å². The lowest BCUT2D eigenvalue weighted by molar-refractivity contribution is -0.384. The van der Waals surface area contributed by atoms with E-state index in [-0.39, 0.29) is 29.7 Å². The number of carbonyl (C=O) groups excluding carboxylic acids is 1. The number of nitro groups is 1. The van der Waals surface area contributed by atoms with Crippen molar-refractivity contribution in [1.29, 1.82) is 0 Å². The molecule has 158 valence electrons. The standard InChI is InChI=1S/C20H24N6O4/c1-20(2,3)30-19(27)24-11-14-10-15(12-24)25(14)17-5-4-16(26(28)29)18(23-17)22-13-6-8-21-9-7-13/h4-9,14-15H,10-12H2,1-3H3,(H,21,22,23)/t14-,15+. The average molecular weight is 412 g/mol. The van der Waals surface area contributed by atoms with Gasteiger partial charge in [0.1, 0.15) is 11.4 Å². The molecule has 2 bridgehead atoms. The minimum absolute atomic E-state index is 0.100. The highest BCUT2D eigenvalue weighted by atomic mass is 16.6. The van der Waals surface area contributed by atoms with Crippen LogP contribution in [0.1, 0.15) is 27.2 Å². The molecule has 10 nitrogen and oxygen atoms in total. The van der Waals surface area contributed by atoms with Crippen LogP contribution in [0.3, 0.4) is 0 Å². The summed E-state index contributed by atoms with van der Waals surface area (Å²) in [7, 11) is 0. The Morgan fingerprint density at radius 3 is 2.47 bits per heavy atom. The van der Waals surface area contributed by atoms with E-state index in [1.165, 1.54) is 6.07 Å². The van der Waals surface area contributed by atoms with Crippen LogP contribution in [0.5, 0.6) is 0 Å². The molecule has 3 fully saturated rings. The Balaban J connectivity index is 1.52. The fourth-order valence-corrected chi connectivity index (χ4v) is 3.86. The molecule has 0 aliphatic carbocycles. The van der Waals surface area contributed by atoms with Crippen molar-refractivity contribution in [2.24, 2.45) is 0 Å². The third-order valence-corrected chi connectivity index (χ3v) is 5.11. The minimum atomic E-state index is -0.536. The van der Waals surface area contributed by atoms with Crippen molar-refractivity contribution in [3.8, 4) is 0 Å². The molecular formula is C20H24N6O4. The molecule has 1 amide bonds. The van der Waals surface area contributed by atoms with E-state index in [9.17, 15) is 14.9 Å². The van der Waals surface area contributed by atoms with Gasteiger partial charge in [0.2, 0.25) is 5.82 Å². The molecule has 5 heterocycles. The quantitative estimate of drug-likeness (QED) is 0.601. The molecule has 3 saturated heterocycles. The third-order valence-electron chi connectivity index (χ3n) is 5.11. The van der Waals surface area contributed by atoms with Crippen LogP contribution < -0.4 is 10.2 Å². The number of anilines is 3. The highest BCUT2D eigenvalue weighted by Crippen LogP contribution is 2.38. The van der Waals surface area contributed by atoms with Gasteiger partial charge in [-0.3, -0.25) is 15.1 Å². The number of rotatable bonds is 4. The Bertz CT molecular complexity index is 950. The first-order valence-corrected chi connectivity index (χ1v) is 9.80. The average Bonchev–Trinajstić information content (AvgIpc) is 2.67. The van der Waals surface area contributed by atoms with E-state index in [1.807, 2.05) is 20.8 Å². The van der Waals surface area contributed by atoms with Crippen molar-refractivity contribution in [2.75, 3.05) is 23.3 Å². The number of ether oxygens (including phenoxy) is 1. The molecule has 1 N–H and O–H groups in total. The van der Waals surface area contributed by atoms with Crippen molar-refractivity contribution in [2.45, 2.75) is 44.9 Å². The lowest BCUT2D eigenvalue weighted by Gasteiger charge is -2.56. The molecule has 10 heteroatoms. The van der Waals surface area contributed by atoms with Crippen LogP contribution in [-0.4, -0.2) is 56.7 Å². The highest BCUT2D eigenvalue weighted by molar-refractivity contribution is 5.71. The molecule has 30 heavy (non-hydrogen) atoms. The second-order valence-electron chi connectivity index (χ2n) is 8.49. The van der Waals surface area contributed by atoms with Gasteiger partial charge in [-0.2, -0.15) is 0 Å². The van der Waals surface area contributed by atoms with Crippen LogP contribution in [0.15, 0.2) is 36.7 Å². The van der Waals surface area contributed by atoms with Gasteiger partial charge in [-0.1, -0.05) is 0 Å². The Labute approximate surface area is 174 Å². The molecule has 2 atom stereocenters. The van der Waals surface area contributed by atoms with Crippen molar-refractivity contribution < 1.29 is 14.5 Å². The Morgan fingerprint density at radius 1 is 1.20 bits per heavy atom. The molecule has 2 aromatic rings. The SMILES string of the molecule is CC(C)(C)OC(=O)N1C[C@H]2C[C@@H](C1)N2c1ccc([N+](=O)[O-])c(Nc2ccncc2)n1. The topological polar surface area (TPSA) is 114 Å². The predicted molar refractivity (Wildman–Crippen MR) is 111 cm³/mol. The van der Waals surface area contributed by atoms with Gasteiger partial charge in [0, 0.05) is 37.2 Å². The minimum Gasteiger partial charge on any atom is -0.444 e. The van der Waals surface area contributed by atoms with E-state index in [0.717, 1.165) is 6.42 Å². The summed E-state index contributed by atoms with van der Waals surface area (Å²) in [6.45, 7) is 6.62. The Morgan fingerprint density at radius 2 is 1.87 bits per heavy atom. The number of pyridine rings is 2. The van der Waals surface area contributed by atoms with Crippen molar-refractivity contribution in [1.82, 2.24) is 14.9 Å². The van der Waals surface area contributed by atoms with Crippen LogP contribution in [0.2, 0.25) is 0 Å². The number of amides is 1. The zero-order chi connectivity index (χ0) is 21.5. The number of hydrogen-bond donors (Lipinski definition) is 1. The van der Waals surface area contributed by atoms with Gasteiger partial charge in [0.25, 0.3) is 0 Å². The van der Waals surface area contributed by atoms with Gasteiger partial charge >= 0.3 is 11.8 Å². The van der Waals surface area contributed by atoms with E-state index < -0.39 is 10.5 Å². The zero-order valence-electron chi connectivity index (χ0n) is 17.1. The fraction of sp³-hybridized carbons (Fsp3) is 0.450. The van der Waals surface area contributed by atoms with E-state index in [1.54, 1.807) is 35.5 Å². The van der Waals surface area contributed by atoms with Crippen molar-refractivity contribution in [3.05, 3.63) is 46.8 Å². The van der Waals surface area contributed by atoms with Crippen LogP contribution in [0.25, 0.3) is 0 Å². The van der Waals surface area contributed by atoms with E-state index in [0.29, 0.717) is 24.6 Å². The van der Waals surface area contributed by atoms with E-state index in [4.69, 9.17) is 4.74 Å². The van der Waals surface area contributed by atoms with Gasteiger partial charge in [0.05, 0.1) is 17.0 Å². The first-order chi connectivity index (χ1) is 14.2. The second kappa shape index (κ2) is 7.43. The maximum absolute atomic E-state index is 12.4. The first kappa shape index (κ1) is 19.9. The van der Waals surface area contributed by atoms with Crippen molar-refractivity contribution in [3.63, 3.8) is 0 Å². The Hall–Kier alpha value is -3.43. The summed E-state index contributed by atoms with van der Waals surface area (Å²) >= 11 is 0. The molecule has 0 aromatic carbocycles. The van der Waals surface area contributed by atoms with Gasteiger partial charge in [-0.25, -0.2) is 9.78 Å². The molecule has 0 unspecified atom stereocenters. The number of piperazine rings is 1. The number of aromatic nitrogens is 2. The lowest BCUT2D eigenvalue weighted by atomic mass is 9.87. The van der Waals surface area contributed by atoms with E-state index >= 15 is 0 Å². The van der Waals surface area contributed by atoms with Crippen LogP contribution >= 0.6 is 0 Å². The number of fused-ring (bicyclic) bond motifs is 2. The maximum Gasteiger partial charge on any atom is 0.410 e. The summed E-state index contributed by atoms with van der Waals surface area (Å²) in [6.07, 6.45) is 3.84. The Kier molecular flexibility index (Phi) is 4.92. The summed E-state index contributed by atoms with van der Waals surface area (Å²) in [6, 6.07) is 6.78. The smallest absolute Gasteiger partial charge is 0.410 e. The van der Waals surface area contributed by atoms with Gasteiger partial charge < -0.3 is 19.9 Å². The van der Waals surface area contributed by atoms with Crippen LogP contribution in [0, 0.1) is 10.1 Å². The largest absolute Gasteiger partial charge is 0.444 e. The molecule has 0 radical (unpaired) electrons. The number of piperidine rings is 1. The number of nitrogens with zero attached hydrogens (tertiary/aromatic N) is 5. The molecule has 0 saturated carbocycles. The molecule has 3 aliphatic rings. The summed E-state index contributed by atoms with van der Waals surface area (Å²) < 4.78 is 5.48. The van der Waals surface area contributed by atoms with Gasteiger partial charge in [-0.15, -0.1) is 0 Å². The normalized spacial score (nSPS) is 20.4. The van der Waals surface area contributed by atoms with Crippen molar-refractivity contribution >= 4 is 29.1 Å². The summed E-state index contributed by atoms with van der Waals surface area (Å²) in [5, 5.41) is 14.5. The highest BCUT2D eigenvalue weighted by Gasteiger charge is 2.47. The summed E-state index contributed by atoms with van der Waals surface area (Å²) in [4.78, 5) is 35.7. The summed E-state index contributed by atoms with van der Waals surface area (Å²) in [5.41, 5.74) is 0.0283. The monoisotopic (exact) mass is 412 g/mol. The lowest BCUT2D eigenvalue weighted by Crippen LogP contribution is -2.70. The van der Waals surface area contributed by atoms with Crippen LogP contribution in [-0.2, 0) is 4.74 Å². The number of carbonyl (C=O) groups is 1. The number of nitrogens with one attached hydrogen (secondary N) is 1. The van der Waals surface area contributed by atoms with E-state index in [2.05, 4.69) is 20.2 Å². The van der Waals surface area contributed by atoms with Gasteiger partial charge in [-0.05, 0) is 45.4 Å². The molecule has 5 rings (SSSR count). The molecular weight excluding hydrogens is 388 g/mol. The second-order valence-corrected chi connectivity index (χ2v) is 8.49. The molecule has 3 aliphatic heterocycles.